The molecule has 0 spiro atoms. The average molecular weight is 475 g/mol. The number of carbonyl (C=O) groups excluding carboxylic acids is 1. The molecule has 1 amide bonds. The highest BCUT2D eigenvalue weighted by Crippen LogP contribution is 2.29. The summed E-state index contributed by atoms with van der Waals surface area (Å²) in [6, 6.07) is 26.8. The molecule has 1 fully saturated rings. The molecule has 0 atom stereocenters. The summed E-state index contributed by atoms with van der Waals surface area (Å²) < 4.78 is 13.3. The van der Waals surface area contributed by atoms with Crippen LogP contribution in [0.5, 0.6) is 0 Å². The van der Waals surface area contributed by atoms with Crippen molar-refractivity contribution in [1.29, 1.82) is 5.26 Å². The number of carbonyl (C=O) groups is 1. The second-order valence-electron chi connectivity index (χ2n) is 8.00. The first kappa shape index (κ1) is 23.5. The molecule has 34 heavy (non-hydrogen) atoms. The van der Waals surface area contributed by atoms with Crippen molar-refractivity contribution in [2.75, 3.05) is 31.5 Å². The van der Waals surface area contributed by atoms with Gasteiger partial charge in [-0.3, -0.25) is 9.69 Å². The second kappa shape index (κ2) is 11.0. The van der Waals surface area contributed by atoms with Crippen LogP contribution in [-0.4, -0.2) is 41.9 Å². The number of nitriles is 1. The second-order valence-corrected chi connectivity index (χ2v) is 8.40. The van der Waals surface area contributed by atoms with Gasteiger partial charge in [0.1, 0.15) is 17.5 Å². The molecule has 0 aliphatic carbocycles. The molecule has 0 aromatic heterocycles. The summed E-state index contributed by atoms with van der Waals surface area (Å²) in [5.74, 6) is -0.867. The Morgan fingerprint density at radius 3 is 2.09 bits per heavy atom. The molecule has 172 valence electrons. The van der Waals surface area contributed by atoms with E-state index in [0.717, 1.165) is 0 Å². The first-order chi connectivity index (χ1) is 16.6. The van der Waals surface area contributed by atoms with E-state index in [1.54, 1.807) is 4.90 Å². The Hall–Kier alpha value is -3.66. The lowest BCUT2D eigenvalue weighted by Crippen LogP contribution is -2.50. The van der Waals surface area contributed by atoms with Gasteiger partial charge in [0.05, 0.1) is 11.1 Å². The fourth-order valence-electron chi connectivity index (χ4n) is 4.12. The predicted molar refractivity (Wildman–Crippen MR) is 132 cm³/mol. The van der Waals surface area contributed by atoms with Gasteiger partial charge in [0.15, 0.2) is 0 Å². The molecule has 5 nitrogen and oxygen atoms in total. The molecular formula is C27H24ClFN4O. The molecule has 0 saturated carbocycles. The van der Waals surface area contributed by atoms with E-state index in [1.165, 1.54) is 35.5 Å². The summed E-state index contributed by atoms with van der Waals surface area (Å²) >= 11 is 5.79. The fraction of sp³-hybridized carbons (Fsp3) is 0.185. The van der Waals surface area contributed by atoms with E-state index in [1.807, 2.05) is 42.5 Å². The number of hydrogen-bond acceptors (Lipinski definition) is 4. The molecular weight excluding hydrogens is 451 g/mol. The third kappa shape index (κ3) is 5.45. The van der Waals surface area contributed by atoms with E-state index in [-0.39, 0.29) is 22.5 Å². The molecule has 0 unspecified atom stereocenters. The van der Waals surface area contributed by atoms with Crippen LogP contribution in [0.25, 0.3) is 0 Å². The Bertz CT molecular complexity index is 1160. The van der Waals surface area contributed by atoms with Crippen LogP contribution in [0.4, 0.5) is 10.1 Å². The summed E-state index contributed by atoms with van der Waals surface area (Å²) in [6.07, 6.45) is 1.34. The number of benzene rings is 3. The van der Waals surface area contributed by atoms with Gasteiger partial charge < -0.3 is 10.2 Å². The predicted octanol–water partition coefficient (Wildman–Crippen LogP) is 5.23. The third-order valence-corrected chi connectivity index (χ3v) is 6.14. The first-order valence-corrected chi connectivity index (χ1v) is 11.4. The molecule has 1 saturated heterocycles. The first-order valence-electron chi connectivity index (χ1n) is 11.0. The van der Waals surface area contributed by atoms with Gasteiger partial charge in [-0.25, -0.2) is 4.39 Å². The summed E-state index contributed by atoms with van der Waals surface area (Å²) in [5.41, 5.74) is 2.88. The zero-order valence-electron chi connectivity index (χ0n) is 18.5. The smallest absolute Gasteiger partial charge is 0.266 e. The Morgan fingerprint density at radius 1 is 0.971 bits per heavy atom. The molecule has 1 N–H and O–H groups in total. The number of halogens is 2. The number of anilines is 1. The minimum Gasteiger partial charge on any atom is -0.360 e. The molecule has 1 aliphatic rings. The van der Waals surface area contributed by atoms with Gasteiger partial charge in [-0.05, 0) is 29.3 Å². The van der Waals surface area contributed by atoms with Gasteiger partial charge in [-0.15, -0.1) is 0 Å². The van der Waals surface area contributed by atoms with Gasteiger partial charge in [0.25, 0.3) is 5.91 Å². The van der Waals surface area contributed by atoms with Crippen LogP contribution in [0.15, 0.2) is 90.6 Å². The topological polar surface area (TPSA) is 59.4 Å². The largest absolute Gasteiger partial charge is 0.360 e. The number of hydrogen-bond donors (Lipinski definition) is 1. The van der Waals surface area contributed by atoms with Crippen molar-refractivity contribution < 1.29 is 9.18 Å². The van der Waals surface area contributed by atoms with E-state index in [9.17, 15) is 14.4 Å². The molecule has 1 heterocycles. The minimum absolute atomic E-state index is 0.0171. The summed E-state index contributed by atoms with van der Waals surface area (Å²) in [7, 11) is 0. The van der Waals surface area contributed by atoms with Crippen LogP contribution in [0.1, 0.15) is 17.2 Å². The van der Waals surface area contributed by atoms with Crippen molar-refractivity contribution in [3.05, 3.63) is 113 Å². The molecule has 4 rings (SSSR count). The van der Waals surface area contributed by atoms with Gasteiger partial charge in [0, 0.05) is 38.1 Å². The van der Waals surface area contributed by atoms with Crippen LogP contribution in [0.2, 0.25) is 5.02 Å². The van der Waals surface area contributed by atoms with Crippen LogP contribution < -0.4 is 5.32 Å². The van der Waals surface area contributed by atoms with Gasteiger partial charge in [-0.1, -0.05) is 72.3 Å². The lowest BCUT2D eigenvalue weighted by Gasteiger charge is -2.39. The number of rotatable bonds is 6. The van der Waals surface area contributed by atoms with Crippen molar-refractivity contribution in [1.82, 2.24) is 9.80 Å². The lowest BCUT2D eigenvalue weighted by molar-refractivity contribution is -0.128. The number of nitrogens with zero attached hydrogens (tertiary/aromatic N) is 3. The summed E-state index contributed by atoms with van der Waals surface area (Å²) in [5, 5.41) is 12.4. The Labute approximate surface area is 203 Å². The lowest BCUT2D eigenvalue weighted by atomic mass is 9.96. The van der Waals surface area contributed by atoms with Gasteiger partial charge >= 0.3 is 0 Å². The maximum atomic E-state index is 13.3. The van der Waals surface area contributed by atoms with Crippen molar-refractivity contribution in [2.24, 2.45) is 0 Å². The number of amides is 1. The molecule has 0 radical (unpaired) electrons. The maximum absolute atomic E-state index is 13.3. The Kier molecular flexibility index (Phi) is 7.58. The zero-order valence-corrected chi connectivity index (χ0v) is 19.3. The van der Waals surface area contributed by atoms with Crippen molar-refractivity contribution in [2.45, 2.75) is 6.04 Å². The van der Waals surface area contributed by atoms with Crippen LogP contribution >= 0.6 is 11.6 Å². The average Bonchev–Trinajstić information content (AvgIpc) is 2.88. The third-order valence-electron chi connectivity index (χ3n) is 5.85. The van der Waals surface area contributed by atoms with Crippen molar-refractivity contribution in [3.63, 3.8) is 0 Å². The highest BCUT2D eigenvalue weighted by molar-refractivity contribution is 6.31. The monoisotopic (exact) mass is 474 g/mol. The van der Waals surface area contributed by atoms with Crippen LogP contribution in [0, 0.1) is 17.1 Å². The van der Waals surface area contributed by atoms with E-state index in [4.69, 9.17) is 11.6 Å². The zero-order chi connectivity index (χ0) is 23.9. The van der Waals surface area contributed by atoms with Gasteiger partial charge in [-0.2, -0.15) is 5.26 Å². The van der Waals surface area contributed by atoms with E-state index in [0.29, 0.717) is 31.9 Å². The normalized spacial score (nSPS) is 14.6. The highest BCUT2D eigenvalue weighted by atomic mass is 35.5. The molecule has 3 aromatic rings. The summed E-state index contributed by atoms with van der Waals surface area (Å²) in [6.45, 7) is 2.38. The quantitative estimate of drug-likeness (QED) is 0.392. The Balaban J connectivity index is 1.44. The van der Waals surface area contributed by atoms with Crippen LogP contribution in [-0.2, 0) is 4.79 Å². The number of nitrogens with one attached hydrogen (secondary N) is 1. The van der Waals surface area contributed by atoms with Gasteiger partial charge in [0.2, 0.25) is 0 Å². The number of piperazine rings is 1. The van der Waals surface area contributed by atoms with Crippen molar-refractivity contribution in [3.8, 4) is 6.07 Å². The molecule has 0 bridgehead atoms. The minimum atomic E-state index is -0.532. The Morgan fingerprint density at radius 2 is 1.56 bits per heavy atom. The van der Waals surface area contributed by atoms with Crippen molar-refractivity contribution >= 4 is 23.2 Å². The maximum Gasteiger partial charge on any atom is 0.266 e. The summed E-state index contributed by atoms with van der Waals surface area (Å²) in [4.78, 5) is 17.0. The molecule has 3 aromatic carbocycles. The van der Waals surface area contributed by atoms with E-state index >= 15 is 0 Å². The standard InChI is InChI=1S/C27H24ClFN4O/c28-24-17-23(11-12-25(24)29)31-19-22(18-30)27(34)33-15-13-32(14-16-33)26(20-7-3-1-4-8-20)21-9-5-2-6-10-21/h1-12,17,19,26,31H,13-16H2/b22-19-. The van der Waals surface area contributed by atoms with Crippen LogP contribution in [0.3, 0.4) is 0 Å². The highest BCUT2D eigenvalue weighted by Gasteiger charge is 2.29. The molecule has 7 heteroatoms. The molecule has 1 aliphatic heterocycles. The van der Waals surface area contributed by atoms with E-state index in [2.05, 4.69) is 34.5 Å². The SMILES string of the molecule is N#C/C(=C/Nc1ccc(F)c(Cl)c1)C(=O)N1CCN(C(c2ccccc2)c2ccccc2)CC1. The van der Waals surface area contributed by atoms with E-state index < -0.39 is 5.82 Å². The fourth-order valence-corrected chi connectivity index (χ4v) is 4.30.